The zero-order chi connectivity index (χ0) is 12.4. The third-order valence-electron chi connectivity index (χ3n) is 3.47. The van der Waals surface area contributed by atoms with Crippen molar-refractivity contribution in [3.63, 3.8) is 0 Å². The maximum absolute atomic E-state index is 12.2. The summed E-state index contributed by atoms with van der Waals surface area (Å²) in [6.45, 7) is 4.47. The van der Waals surface area contributed by atoms with Crippen molar-refractivity contribution in [1.82, 2.24) is 5.32 Å². The molecule has 1 fully saturated rings. The Bertz CT molecular complexity index is 410. The fourth-order valence-electron chi connectivity index (χ4n) is 2.28. The molecule has 0 aromatic heterocycles. The van der Waals surface area contributed by atoms with Crippen LogP contribution in [0.3, 0.4) is 0 Å². The summed E-state index contributed by atoms with van der Waals surface area (Å²) in [5.41, 5.74) is 8.54. The van der Waals surface area contributed by atoms with Gasteiger partial charge in [0.2, 0.25) is 0 Å². The van der Waals surface area contributed by atoms with Crippen LogP contribution >= 0.6 is 12.4 Å². The molecule has 3 N–H and O–H groups in total. The number of carbonyl (C=O) groups excluding carboxylic acids is 1. The van der Waals surface area contributed by atoms with Crippen LogP contribution in [0.25, 0.3) is 0 Å². The molecule has 18 heavy (non-hydrogen) atoms. The van der Waals surface area contributed by atoms with Crippen LogP contribution in [0.4, 0.5) is 0 Å². The molecule has 1 saturated carbocycles. The zero-order valence-corrected chi connectivity index (χ0v) is 11.7. The lowest BCUT2D eigenvalue weighted by atomic mass is 10.0. The summed E-state index contributed by atoms with van der Waals surface area (Å²) in [6.07, 6.45) is 2.38. The first kappa shape index (κ1) is 15.0. The minimum Gasteiger partial charge on any atom is -0.348 e. The normalized spacial score (nSPS) is 15.7. The van der Waals surface area contributed by atoms with Gasteiger partial charge >= 0.3 is 0 Å². The lowest BCUT2D eigenvalue weighted by Crippen LogP contribution is -2.42. The van der Waals surface area contributed by atoms with Crippen LogP contribution in [0.1, 0.15) is 34.3 Å². The van der Waals surface area contributed by atoms with E-state index in [1.807, 2.05) is 32.0 Å². The van der Waals surface area contributed by atoms with E-state index in [-0.39, 0.29) is 24.4 Å². The van der Waals surface area contributed by atoms with Gasteiger partial charge in [-0.05, 0) is 43.7 Å². The van der Waals surface area contributed by atoms with Gasteiger partial charge in [0.15, 0.2) is 0 Å². The fourth-order valence-corrected chi connectivity index (χ4v) is 2.28. The van der Waals surface area contributed by atoms with E-state index in [0.717, 1.165) is 16.7 Å². The SMILES string of the molecule is Cc1cccc(C)c1C(=O)NC(CN)C1CC1.Cl. The average molecular weight is 269 g/mol. The molecule has 0 radical (unpaired) electrons. The van der Waals surface area contributed by atoms with Crippen molar-refractivity contribution in [2.45, 2.75) is 32.7 Å². The number of hydrogen-bond donors (Lipinski definition) is 2. The van der Waals surface area contributed by atoms with Crippen LogP contribution < -0.4 is 11.1 Å². The number of amides is 1. The first-order valence-corrected chi connectivity index (χ1v) is 6.20. The highest BCUT2D eigenvalue weighted by Crippen LogP contribution is 2.32. The van der Waals surface area contributed by atoms with Crippen molar-refractivity contribution in [2.24, 2.45) is 11.7 Å². The van der Waals surface area contributed by atoms with Crippen LogP contribution in [0.2, 0.25) is 0 Å². The van der Waals surface area contributed by atoms with Crippen molar-refractivity contribution in [3.8, 4) is 0 Å². The quantitative estimate of drug-likeness (QED) is 0.880. The highest BCUT2D eigenvalue weighted by molar-refractivity contribution is 5.97. The monoisotopic (exact) mass is 268 g/mol. The summed E-state index contributed by atoms with van der Waals surface area (Å²) in [5.74, 6) is 0.608. The Morgan fingerprint density at radius 1 is 1.39 bits per heavy atom. The molecule has 1 amide bonds. The molecule has 0 aliphatic heterocycles. The van der Waals surface area contributed by atoms with E-state index in [1.165, 1.54) is 12.8 Å². The predicted molar refractivity (Wildman–Crippen MR) is 76.2 cm³/mol. The van der Waals surface area contributed by atoms with Crippen molar-refractivity contribution in [3.05, 3.63) is 34.9 Å². The van der Waals surface area contributed by atoms with Gasteiger partial charge in [-0.25, -0.2) is 0 Å². The molecule has 4 heteroatoms. The van der Waals surface area contributed by atoms with E-state index in [0.29, 0.717) is 12.5 Å². The topological polar surface area (TPSA) is 55.1 Å². The minimum atomic E-state index is 0. The molecular weight excluding hydrogens is 248 g/mol. The number of rotatable bonds is 4. The van der Waals surface area contributed by atoms with Crippen molar-refractivity contribution in [2.75, 3.05) is 6.54 Å². The molecule has 100 valence electrons. The van der Waals surface area contributed by atoms with Gasteiger partial charge in [-0.2, -0.15) is 0 Å². The number of nitrogens with two attached hydrogens (primary N) is 1. The lowest BCUT2D eigenvalue weighted by molar-refractivity contribution is 0.0932. The second-order valence-corrected chi connectivity index (χ2v) is 4.92. The molecule has 1 unspecified atom stereocenters. The number of hydrogen-bond acceptors (Lipinski definition) is 2. The molecule has 1 aliphatic carbocycles. The number of nitrogens with one attached hydrogen (secondary N) is 1. The summed E-state index contributed by atoms with van der Waals surface area (Å²) >= 11 is 0. The molecule has 0 bridgehead atoms. The number of benzene rings is 1. The largest absolute Gasteiger partial charge is 0.348 e. The predicted octanol–water partition coefficient (Wildman–Crippen LogP) is 2.19. The molecule has 3 nitrogen and oxygen atoms in total. The lowest BCUT2D eigenvalue weighted by Gasteiger charge is -2.17. The summed E-state index contributed by atoms with van der Waals surface area (Å²) in [4.78, 5) is 12.2. The highest BCUT2D eigenvalue weighted by Gasteiger charge is 2.31. The molecule has 2 rings (SSSR count). The average Bonchev–Trinajstić information content (AvgIpc) is 3.09. The summed E-state index contributed by atoms with van der Waals surface area (Å²) in [5, 5.41) is 3.06. The summed E-state index contributed by atoms with van der Waals surface area (Å²) in [6, 6.07) is 6.05. The van der Waals surface area contributed by atoms with E-state index >= 15 is 0 Å². The standard InChI is InChI=1S/C14H20N2O.ClH/c1-9-4-3-5-10(2)13(9)14(17)16-12(8-15)11-6-7-11;/h3-5,11-12H,6-8,15H2,1-2H3,(H,16,17);1H. The van der Waals surface area contributed by atoms with E-state index in [2.05, 4.69) is 5.32 Å². The van der Waals surface area contributed by atoms with E-state index < -0.39 is 0 Å². The third-order valence-corrected chi connectivity index (χ3v) is 3.47. The van der Waals surface area contributed by atoms with Gasteiger partial charge in [0.1, 0.15) is 0 Å². The Hall–Kier alpha value is -1.06. The Kier molecular flexibility index (Phi) is 5.17. The molecule has 1 aromatic rings. The molecular formula is C14H21ClN2O. The van der Waals surface area contributed by atoms with Gasteiger partial charge < -0.3 is 11.1 Å². The van der Waals surface area contributed by atoms with E-state index in [4.69, 9.17) is 5.73 Å². The summed E-state index contributed by atoms with van der Waals surface area (Å²) in [7, 11) is 0. The second-order valence-electron chi connectivity index (χ2n) is 4.92. The molecule has 0 heterocycles. The number of carbonyl (C=O) groups is 1. The first-order valence-electron chi connectivity index (χ1n) is 6.20. The smallest absolute Gasteiger partial charge is 0.252 e. The van der Waals surface area contributed by atoms with Crippen LogP contribution in [0.5, 0.6) is 0 Å². The van der Waals surface area contributed by atoms with E-state index in [9.17, 15) is 4.79 Å². The van der Waals surface area contributed by atoms with Crippen LogP contribution in [0.15, 0.2) is 18.2 Å². The Morgan fingerprint density at radius 3 is 2.39 bits per heavy atom. The first-order chi connectivity index (χ1) is 8.13. The molecule has 1 aromatic carbocycles. The Morgan fingerprint density at radius 2 is 1.94 bits per heavy atom. The molecule has 1 atom stereocenters. The molecule has 0 spiro atoms. The Balaban J connectivity index is 0.00000162. The fraction of sp³-hybridized carbons (Fsp3) is 0.500. The van der Waals surface area contributed by atoms with Gasteiger partial charge in [0, 0.05) is 18.2 Å². The maximum Gasteiger partial charge on any atom is 0.252 e. The van der Waals surface area contributed by atoms with Crippen LogP contribution in [0, 0.1) is 19.8 Å². The minimum absolute atomic E-state index is 0. The number of aryl methyl sites for hydroxylation is 2. The molecule has 1 aliphatic rings. The van der Waals surface area contributed by atoms with Gasteiger partial charge in [-0.3, -0.25) is 4.79 Å². The summed E-state index contributed by atoms with van der Waals surface area (Å²) < 4.78 is 0. The van der Waals surface area contributed by atoms with Gasteiger partial charge in [-0.1, -0.05) is 18.2 Å². The van der Waals surface area contributed by atoms with Crippen molar-refractivity contribution < 1.29 is 4.79 Å². The number of halogens is 1. The molecule has 0 saturated heterocycles. The Labute approximate surface area is 115 Å². The zero-order valence-electron chi connectivity index (χ0n) is 10.9. The van der Waals surface area contributed by atoms with Gasteiger partial charge in [-0.15, -0.1) is 12.4 Å². The third kappa shape index (κ3) is 3.24. The van der Waals surface area contributed by atoms with Crippen LogP contribution in [-0.2, 0) is 0 Å². The van der Waals surface area contributed by atoms with Gasteiger partial charge in [0.25, 0.3) is 5.91 Å². The highest BCUT2D eigenvalue weighted by atomic mass is 35.5. The second kappa shape index (κ2) is 6.21. The van der Waals surface area contributed by atoms with Crippen LogP contribution in [-0.4, -0.2) is 18.5 Å². The van der Waals surface area contributed by atoms with E-state index in [1.54, 1.807) is 0 Å². The van der Waals surface area contributed by atoms with Crippen molar-refractivity contribution >= 4 is 18.3 Å². The van der Waals surface area contributed by atoms with Crippen molar-refractivity contribution in [1.29, 1.82) is 0 Å². The maximum atomic E-state index is 12.2. The van der Waals surface area contributed by atoms with Gasteiger partial charge in [0.05, 0.1) is 0 Å².